The molecule has 2 aliphatic rings. The predicted molar refractivity (Wildman–Crippen MR) is 84.3 cm³/mol. The Balaban J connectivity index is 2.06. The molecule has 5 nitrogen and oxygen atoms in total. The quantitative estimate of drug-likeness (QED) is 0.676. The summed E-state index contributed by atoms with van der Waals surface area (Å²) in [5.41, 5.74) is -0.494. The highest BCUT2D eigenvalue weighted by Gasteiger charge is 2.52. The van der Waals surface area contributed by atoms with Crippen molar-refractivity contribution in [3.8, 4) is 0 Å². The third-order valence-electron chi connectivity index (χ3n) is 4.97. The van der Waals surface area contributed by atoms with Crippen LogP contribution in [-0.4, -0.2) is 74.7 Å². The third kappa shape index (κ3) is 3.76. The molecule has 1 saturated carbocycles. The van der Waals surface area contributed by atoms with Crippen LogP contribution in [0.5, 0.6) is 0 Å². The first kappa shape index (κ1) is 16.7. The van der Waals surface area contributed by atoms with Gasteiger partial charge in [0.15, 0.2) is 0 Å². The fourth-order valence-corrected chi connectivity index (χ4v) is 3.47. The molecule has 5 heteroatoms. The van der Waals surface area contributed by atoms with Gasteiger partial charge in [0.25, 0.3) is 0 Å². The second kappa shape index (κ2) is 7.07. The molecule has 1 saturated heterocycles. The molecule has 0 aromatic heterocycles. The molecule has 21 heavy (non-hydrogen) atoms. The summed E-state index contributed by atoms with van der Waals surface area (Å²) in [7, 11) is 5.79. The first-order valence-corrected chi connectivity index (χ1v) is 8.25. The Kier molecular flexibility index (Phi) is 5.63. The van der Waals surface area contributed by atoms with E-state index in [4.69, 9.17) is 4.74 Å². The number of hydrogen-bond acceptors (Lipinski definition) is 5. The zero-order valence-corrected chi connectivity index (χ0v) is 14.0. The van der Waals surface area contributed by atoms with E-state index in [9.17, 15) is 4.79 Å². The van der Waals surface area contributed by atoms with Crippen LogP contribution < -0.4 is 5.32 Å². The van der Waals surface area contributed by atoms with Crippen molar-refractivity contribution in [1.82, 2.24) is 15.1 Å². The van der Waals surface area contributed by atoms with Crippen LogP contribution in [0.4, 0.5) is 0 Å². The molecule has 2 rings (SSSR count). The maximum atomic E-state index is 12.5. The number of carbonyl (C=O) groups is 1. The third-order valence-corrected chi connectivity index (χ3v) is 4.97. The topological polar surface area (TPSA) is 44.8 Å². The number of likely N-dealkylation sites (N-methyl/N-ethyl adjacent to an activating group) is 1. The second-order valence-electron chi connectivity index (χ2n) is 6.81. The molecule has 122 valence electrons. The lowest BCUT2D eigenvalue weighted by Crippen LogP contribution is -2.61. The first-order chi connectivity index (χ1) is 10.0. The molecule has 0 aromatic carbocycles. The van der Waals surface area contributed by atoms with Crippen molar-refractivity contribution in [2.45, 2.75) is 44.2 Å². The summed E-state index contributed by atoms with van der Waals surface area (Å²) in [5.74, 6) is 0.363. The minimum absolute atomic E-state index is 0.0771. The van der Waals surface area contributed by atoms with Crippen LogP contribution in [0.15, 0.2) is 0 Å². The molecule has 0 aromatic rings. The molecule has 2 unspecified atom stereocenters. The summed E-state index contributed by atoms with van der Waals surface area (Å²) in [4.78, 5) is 17.2. The highest BCUT2D eigenvalue weighted by molar-refractivity contribution is 5.82. The number of nitrogens with one attached hydrogen (secondary N) is 1. The van der Waals surface area contributed by atoms with Crippen molar-refractivity contribution in [1.29, 1.82) is 0 Å². The number of rotatable bonds is 8. The maximum Gasteiger partial charge on any atom is 0.327 e. The van der Waals surface area contributed by atoms with Gasteiger partial charge in [-0.2, -0.15) is 0 Å². The fourth-order valence-electron chi connectivity index (χ4n) is 3.47. The van der Waals surface area contributed by atoms with Gasteiger partial charge in [0, 0.05) is 19.1 Å². The number of hydrogen-bond donors (Lipinski definition) is 1. The Morgan fingerprint density at radius 3 is 2.57 bits per heavy atom. The van der Waals surface area contributed by atoms with Crippen molar-refractivity contribution in [2.75, 3.05) is 47.4 Å². The van der Waals surface area contributed by atoms with Gasteiger partial charge in [0.05, 0.1) is 7.11 Å². The largest absolute Gasteiger partial charge is 0.468 e. The zero-order chi connectivity index (χ0) is 15.5. The average molecular weight is 297 g/mol. The van der Waals surface area contributed by atoms with Crippen molar-refractivity contribution in [3.63, 3.8) is 0 Å². The molecule has 1 aliphatic carbocycles. The molecular formula is C16H31N3O2. The van der Waals surface area contributed by atoms with Crippen LogP contribution >= 0.6 is 0 Å². The normalized spacial score (nSPS) is 26.0. The van der Waals surface area contributed by atoms with Crippen molar-refractivity contribution < 1.29 is 9.53 Å². The van der Waals surface area contributed by atoms with Crippen molar-refractivity contribution in [2.24, 2.45) is 5.92 Å². The summed E-state index contributed by atoms with van der Waals surface area (Å²) in [6.45, 7) is 5.92. The van der Waals surface area contributed by atoms with Gasteiger partial charge in [-0.25, -0.2) is 4.79 Å². The number of esters is 1. The summed E-state index contributed by atoms with van der Waals surface area (Å²) in [5, 5.41) is 3.54. The summed E-state index contributed by atoms with van der Waals surface area (Å²) in [6.07, 6.45) is 4.49. The Hall–Kier alpha value is -0.650. The van der Waals surface area contributed by atoms with Crippen LogP contribution in [0.25, 0.3) is 0 Å². The SMILES string of the molecule is CCCNC(CN1CCC(N(C)C)C1)(C(=O)OC)C1CC1. The number of carbonyl (C=O) groups excluding carboxylic acids is 1. The maximum absolute atomic E-state index is 12.5. The summed E-state index contributed by atoms with van der Waals surface area (Å²) >= 11 is 0. The van der Waals surface area contributed by atoms with E-state index in [1.807, 2.05) is 0 Å². The summed E-state index contributed by atoms with van der Waals surface area (Å²) < 4.78 is 5.16. The van der Waals surface area contributed by atoms with E-state index >= 15 is 0 Å². The van der Waals surface area contributed by atoms with Gasteiger partial charge in [-0.1, -0.05) is 6.92 Å². The van der Waals surface area contributed by atoms with Gasteiger partial charge in [0.1, 0.15) is 5.54 Å². The monoisotopic (exact) mass is 297 g/mol. The average Bonchev–Trinajstić information content (AvgIpc) is 3.22. The molecule has 1 heterocycles. The predicted octanol–water partition coefficient (Wildman–Crippen LogP) is 0.944. The smallest absolute Gasteiger partial charge is 0.327 e. The fraction of sp³-hybridized carbons (Fsp3) is 0.938. The van der Waals surface area contributed by atoms with Gasteiger partial charge in [-0.3, -0.25) is 4.90 Å². The van der Waals surface area contributed by atoms with E-state index in [0.29, 0.717) is 12.0 Å². The minimum atomic E-state index is -0.494. The van der Waals surface area contributed by atoms with Gasteiger partial charge in [-0.15, -0.1) is 0 Å². The van der Waals surface area contributed by atoms with Crippen LogP contribution in [0.2, 0.25) is 0 Å². The summed E-state index contributed by atoms with van der Waals surface area (Å²) in [6, 6.07) is 0.603. The van der Waals surface area contributed by atoms with Crippen molar-refractivity contribution in [3.05, 3.63) is 0 Å². The van der Waals surface area contributed by atoms with Crippen molar-refractivity contribution >= 4 is 5.97 Å². The standard InChI is InChI=1S/C16H31N3O2/c1-5-9-17-16(13-6-7-13,15(20)21-4)12-19-10-8-14(11-19)18(2)3/h13-14,17H,5-12H2,1-4H3. The number of likely N-dealkylation sites (tertiary alicyclic amines) is 1. The van der Waals surface area contributed by atoms with Gasteiger partial charge < -0.3 is 15.0 Å². The number of methoxy groups -OCH3 is 1. The molecule has 1 N–H and O–H groups in total. The molecule has 0 bridgehead atoms. The second-order valence-corrected chi connectivity index (χ2v) is 6.81. The highest BCUT2D eigenvalue weighted by Crippen LogP contribution is 2.41. The van der Waals surface area contributed by atoms with Gasteiger partial charge in [-0.05, 0) is 58.8 Å². The van der Waals surface area contributed by atoms with Crippen LogP contribution in [-0.2, 0) is 9.53 Å². The Morgan fingerprint density at radius 2 is 2.10 bits per heavy atom. The lowest BCUT2D eigenvalue weighted by Gasteiger charge is -2.36. The Bertz CT molecular complexity index is 357. The molecular weight excluding hydrogens is 266 g/mol. The van der Waals surface area contributed by atoms with Crippen LogP contribution in [0, 0.1) is 5.92 Å². The van der Waals surface area contributed by atoms with E-state index in [1.165, 1.54) is 13.5 Å². The molecule has 0 spiro atoms. The minimum Gasteiger partial charge on any atom is -0.468 e. The Morgan fingerprint density at radius 1 is 1.38 bits per heavy atom. The van der Waals surface area contributed by atoms with E-state index in [2.05, 4.69) is 36.1 Å². The zero-order valence-electron chi connectivity index (χ0n) is 14.0. The van der Waals surface area contributed by atoms with E-state index in [-0.39, 0.29) is 5.97 Å². The lowest BCUT2D eigenvalue weighted by atomic mass is 9.92. The highest BCUT2D eigenvalue weighted by atomic mass is 16.5. The number of ether oxygens (including phenoxy) is 1. The molecule has 2 fully saturated rings. The Labute approximate surface area is 129 Å². The molecule has 2 atom stereocenters. The van der Waals surface area contributed by atoms with Gasteiger partial charge in [0.2, 0.25) is 0 Å². The molecule has 1 aliphatic heterocycles. The van der Waals surface area contributed by atoms with E-state index in [1.54, 1.807) is 0 Å². The first-order valence-electron chi connectivity index (χ1n) is 8.25. The van der Waals surface area contributed by atoms with Crippen LogP contribution in [0.1, 0.15) is 32.6 Å². The van der Waals surface area contributed by atoms with Crippen LogP contribution in [0.3, 0.4) is 0 Å². The molecule has 0 radical (unpaired) electrons. The van der Waals surface area contributed by atoms with E-state index < -0.39 is 5.54 Å². The molecule has 0 amide bonds. The number of nitrogens with zero attached hydrogens (tertiary/aromatic N) is 2. The van der Waals surface area contributed by atoms with E-state index in [0.717, 1.165) is 45.4 Å². The van der Waals surface area contributed by atoms with Gasteiger partial charge >= 0.3 is 5.97 Å². The lowest BCUT2D eigenvalue weighted by molar-refractivity contribution is -0.150.